The first-order chi connectivity index (χ1) is 13.3. The van der Waals surface area contributed by atoms with Gasteiger partial charge in [-0.1, -0.05) is 13.0 Å². The number of amides is 1. The zero-order chi connectivity index (χ0) is 20.3. The van der Waals surface area contributed by atoms with E-state index in [1.54, 1.807) is 11.3 Å². The van der Waals surface area contributed by atoms with Gasteiger partial charge >= 0.3 is 6.09 Å². The summed E-state index contributed by atoms with van der Waals surface area (Å²) in [5.74, 6) is 1.29. The highest BCUT2D eigenvalue weighted by Gasteiger charge is 2.45. The van der Waals surface area contributed by atoms with Crippen LogP contribution in [0.2, 0.25) is 0 Å². The van der Waals surface area contributed by atoms with Gasteiger partial charge in [0.15, 0.2) is 5.96 Å². The first-order valence-corrected chi connectivity index (χ1v) is 11.2. The van der Waals surface area contributed by atoms with Crippen molar-refractivity contribution in [2.24, 2.45) is 4.99 Å². The van der Waals surface area contributed by atoms with Gasteiger partial charge in [-0.25, -0.2) is 4.79 Å². The number of hydrogen-bond acceptors (Lipinski definition) is 4. The lowest BCUT2D eigenvalue weighted by Gasteiger charge is -2.40. The lowest BCUT2D eigenvalue weighted by molar-refractivity contribution is 0.00545. The van der Waals surface area contributed by atoms with Crippen molar-refractivity contribution in [3.05, 3.63) is 22.4 Å². The predicted octanol–water partition coefficient (Wildman–Crippen LogP) is 3.95. The van der Waals surface area contributed by atoms with Crippen molar-refractivity contribution in [3.63, 3.8) is 0 Å². The number of rotatable bonds is 4. The van der Waals surface area contributed by atoms with Gasteiger partial charge in [0.2, 0.25) is 0 Å². The quantitative estimate of drug-likeness (QED) is 0.587. The van der Waals surface area contributed by atoms with Gasteiger partial charge in [-0.3, -0.25) is 4.99 Å². The van der Waals surface area contributed by atoms with Gasteiger partial charge in [-0.15, -0.1) is 11.3 Å². The summed E-state index contributed by atoms with van der Waals surface area (Å²) < 4.78 is 5.63. The molecule has 0 spiro atoms. The molecule has 3 atom stereocenters. The molecule has 1 aromatic heterocycles. The average Bonchev–Trinajstić information content (AvgIpc) is 3.24. The van der Waals surface area contributed by atoms with Crippen molar-refractivity contribution < 1.29 is 9.53 Å². The summed E-state index contributed by atoms with van der Waals surface area (Å²) in [6.45, 7) is 8.85. The third-order valence-corrected chi connectivity index (χ3v) is 6.61. The summed E-state index contributed by atoms with van der Waals surface area (Å²) in [5.41, 5.74) is -0.448. The number of ether oxygens (including phenoxy) is 1. The Balaban J connectivity index is 1.51. The summed E-state index contributed by atoms with van der Waals surface area (Å²) in [4.78, 5) is 20.4. The molecule has 2 fully saturated rings. The van der Waals surface area contributed by atoms with Crippen LogP contribution in [0.3, 0.4) is 0 Å². The lowest BCUT2D eigenvalue weighted by Crippen LogP contribution is -2.55. The summed E-state index contributed by atoms with van der Waals surface area (Å²) in [5, 5.41) is 9.16. The summed E-state index contributed by atoms with van der Waals surface area (Å²) in [6.07, 6.45) is 3.84. The maximum atomic E-state index is 12.6. The van der Waals surface area contributed by atoms with Crippen LogP contribution in [0.4, 0.5) is 4.79 Å². The van der Waals surface area contributed by atoms with Crippen LogP contribution in [-0.2, 0) is 4.74 Å². The zero-order valence-electron chi connectivity index (χ0n) is 17.7. The van der Waals surface area contributed by atoms with E-state index in [1.165, 1.54) is 4.88 Å². The molecule has 156 valence electrons. The number of nitrogens with zero attached hydrogens (tertiary/aromatic N) is 2. The molecule has 28 heavy (non-hydrogen) atoms. The van der Waals surface area contributed by atoms with Crippen LogP contribution in [0.15, 0.2) is 22.5 Å². The van der Waals surface area contributed by atoms with E-state index in [2.05, 4.69) is 40.1 Å². The Morgan fingerprint density at radius 3 is 2.57 bits per heavy atom. The number of piperidine rings is 1. The van der Waals surface area contributed by atoms with E-state index in [0.717, 1.165) is 38.2 Å². The minimum Gasteiger partial charge on any atom is -0.444 e. The number of thiophene rings is 1. The van der Waals surface area contributed by atoms with Crippen molar-refractivity contribution in [2.45, 2.75) is 83.0 Å². The van der Waals surface area contributed by atoms with Crippen molar-refractivity contribution in [2.75, 3.05) is 13.6 Å². The molecule has 1 aromatic rings. The number of carbonyl (C=O) groups excluding carboxylic acids is 1. The summed E-state index contributed by atoms with van der Waals surface area (Å²) in [6, 6.07) is 5.12. The minimum absolute atomic E-state index is 0.161. The normalized spacial score (nSPS) is 26.1. The second kappa shape index (κ2) is 8.72. The molecule has 2 N–H and O–H groups in total. The molecule has 2 saturated heterocycles. The highest BCUT2D eigenvalue weighted by atomic mass is 32.1. The Labute approximate surface area is 172 Å². The van der Waals surface area contributed by atoms with Crippen molar-refractivity contribution >= 4 is 23.4 Å². The second-order valence-electron chi connectivity index (χ2n) is 8.95. The Morgan fingerprint density at radius 1 is 1.36 bits per heavy atom. The van der Waals surface area contributed by atoms with Crippen LogP contribution in [-0.4, -0.2) is 54.3 Å². The molecule has 0 aromatic carbocycles. The van der Waals surface area contributed by atoms with E-state index in [9.17, 15) is 4.79 Å². The Morgan fingerprint density at radius 2 is 2.04 bits per heavy atom. The SMILES string of the molecule is CN=C(NCC(C)c1cccs1)NC1CC2CCC(C1)N2C(=O)OC(C)(C)C. The number of hydrogen-bond donors (Lipinski definition) is 2. The van der Waals surface area contributed by atoms with Gasteiger partial charge in [0.05, 0.1) is 0 Å². The molecular formula is C21H34N4O2S. The predicted molar refractivity (Wildman–Crippen MR) is 115 cm³/mol. The Hall–Kier alpha value is -1.76. The van der Waals surface area contributed by atoms with Gasteiger partial charge in [-0.2, -0.15) is 0 Å². The van der Waals surface area contributed by atoms with Gasteiger partial charge in [0.1, 0.15) is 5.60 Å². The van der Waals surface area contributed by atoms with Crippen molar-refractivity contribution in [1.29, 1.82) is 0 Å². The van der Waals surface area contributed by atoms with Gasteiger partial charge in [0, 0.05) is 42.5 Å². The van der Waals surface area contributed by atoms with E-state index in [1.807, 2.05) is 32.7 Å². The van der Waals surface area contributed by atoms with E-state index in [-0.39, 0.29) is 18.2 Å². The van der Waals surface area contributed by atoms with Gasteiger partial charge in [0.25, 0.3) is 0 Å². The fourth-order valence-electron chi connectivity index (χ4n) is 4.22. The number of aliphatic imine (C=N–C) groups is 1. The molecule has 0 aliphatic carbocycles. The topological polar surface area (TPSA) is 66.0 Å². The molecule has 2 aliphatic rings. The van der Waals surface area contributed by atoms with Crippen LogP contribution < -0.4 is 10.6 Å². The van der Waals surface area contributed by atoms with E-state index in [0.29, 0.717) is 12.0 Å². The molecule has 2 aliphatic heterocycles. The molecule has 7 heteroatoms. The van der Waals surface area contributed by atoms with E-state index >= 15 is 0 Å². The molecular weight excluding hydrogens is 372 g/mol. The summed E-state index contributed by atoms with van der Waals surface area (Å²) in [7, 11) is 1.82. The van der Waals surface area contributed by atoms with Crippen LogP contribution in [0, 0.1) is 0 Å². The number of nitrogens with one attached hydrogen (secondary N) is 2. The monoisotopic (exact) mass is 406 g/mol. The smallest absolute Gasteiger partial charge is 0.410 e. The average molecular weight is 407 g/mol. The standard InChI is InChI=1S/C21H34N4O2S/c1-14(18-7-6-10-28-18)13-23-19(22-5)24-15-11-16-8-9-17(12-15)25(16)20(26)27-21(2,3)4/h6-7,10,14-17H,8-9,11-13H2,1-5H3,(H2,22,23,24). The van der Waals surface area contributed by atoms with Gasteiger partial charge in [-0.05, 0) is 57.9 Å². The van der Waals surface area contributed by atoms with Crippen LogP contribution in [0.1, 0.15) is 64.2 Å². The third kappa shape index (κ3) is 5.19. The third-order valence-electron chi connectivity index (χ3n) is 5.51. The van der Waals surface area contributed by atoms with Crippen LogP contribution in [0.25, 0.3) is 0 Å². The maximum absolute atomic E-state index is 12.6. The Bertz CT molecular complexity index is 669. The molecule has 0 saturated carbocycles. The number of guanidine groups is 1. The fourth-order valence-corrected chi connectivity index (χ4v) is 5.00. The summed E-state index contributed by atoms with van der Waals surface area (Å²) >= 11 is 1.79. The molecule has 3 heterocycles. The van der Waals surface area contributed by atoms with E-state index in [4.69, 9.17) is 4.74 Å². The molecule has 2 bridgehead atoms. The number of fused-ring (bicyclic) bond motifs is 2. The second-order valence-corrected chi connectivity index (χ2v) is 9.93. The van der Waals surface area contributed by atoms with Crippen LogP contribution >= 0.6 is 11.3 Å². The minimum atomic E-state index is -0.448. The first kappa shape index (κ1) is 21.0. The molecule has 3 unspecified atom stereocenters. The molecule has 0 radical (unpaired) electrons. The first-order valence-electron chi connectivity index (χ1n) is 10.3. The maximum Gasteiger partial charge on any atom is 0.410 e. The van der Waals surface area contributed by atoms with Crippen molar-refractivity contribution in [3.8, 4) is 0 Å². The number of carbonyl (C=O) groups is 1. The van der Waals surface area contributed by atoms with Crippen LogP contribution in [0.5, 0.6) is 0 Å². The largest absolute Gasteiger partial charge is 0.444 e. The highest BCUT2D eigenvalue weighted by Crippen LogP contribution is 2.36. The lowest BCUT2D eigenvalue weighted by atomic mass is 9.98. The Kier molecular flexibility index (Phi) is 6.53. The van der Waals surface area contributed by atoms with Gasteiger partial charge < -0.3 is 20.3 Å². The highest BCUT2D eigenvalue weighted by molar-refractivity contribution is 7.10. The van der Waals surface area contributed by atoms with E-state index < -0.39 is 5.60 Å². The van der Waals surface area contributed by atoms with Crippen molar-refractivity contribution in [1.82, 2.24) is 15.5 Å². The molecule has 6 nitrogen and oxygen atoms in total. The molecule has 3 rings (SSSR count). The fraction of sp³-hybridized carbons (Fsp3) is 0.714. The molecule has 1 amide bonds. The zero-order valence-corrected chi connectivity index (χ0v) is 18.5.